The van der Waals surface area contributed by atoms with Crippen molar-refractivity contribution in [2.24, 2.45) is 0 Å². The van der Waals surface area contributed by atoms with E-state index < -0.39 is 15.6 Å². The first-order chi connectivity index (χ1) is 15.5. The minimum atomic E-state index is -4.02. The summed E-state index contributed by atoms with van der Waals surface area (Å²) in [7, 11) is -2.62. The second-order valence-electron chi connectivity index (χ2n) is 7.87. The van der Waals surface area contributed by atoms with Crippen molar-refractivity contribution >= 4 is 32.0 Å². The number of imidazole rings is 1. The number of aromatic nitrogens is 3. The molecule has 0 amide bonds. The van der Waals surface area contributed by atoms with E-state index in [1.165, 1.54) is 48.8 Å². The van der Waals surface area contributed by atoms with Crippen LogP contribution in [0.1, 0.15) is 30.1 Å². The average Bonchev–Trinajstić information content (AvgIpc) is 3.30. The van der Waals surface area contributed by atoms with Gasteiger partial charge in [0, 0.05) is 11.3 Å². The summed E-state index contributed by atoms with van der Waals surface area (Å²) in [6.45, 7) is 5.10. The van der Waals surface area contributed by atoms with Crippen LogP contribution in [-0.2, 0) is 15.6 Å². The third-order valence-corrected chi connectivity index (χ3v) is 7.52. The van der Waals surface area contributed by atoms with Gasteiger partial charge in [0.05, 0.1) is 30.1 Å². The van der Waals surface area contributed by atoms with Gasteiger partial charge < -0.3 is 9.84 Å². The van der Waals surface area contributed by atoms with Crippen LogP contribution in [0.3, 0.4) is 0 Å². The van der Waals surface area contributed by atoms with E-state index in [4.69, 9.17) is 10.00 Å². The molecule has 2 aromatic carbocycles. The smallest absolute Gasteiger partial charge is 0.265 e. The zero-order valence-electron chi connectivity index (χ0n) is 18.3. The number of hydrogen-bond donors (Lipinski definition) is 2. The number of fused-ring (bicyclic) bond motifs is 1. The van der Waals surface area contributed by atoms with Crippen LogP contribution in [0.2, 0.25) is 0 Å². The first-order valence-electron chi connectivity index (χ1n) is 9.84. The number of benzene rings is 2. The molecule has 4 aromatic rings. The zero-order chi connectivity index (χ0) is 24.0. The Kier molecular flexibility index (Phi) is 5.61. The van der Waals surface area contributed by atoms with Crippen LogP contribution in [0, 0.1) is 18.3 Å². The Bertz CT molecular complexity index is 1490. The second kappa shape index (κ2) is 8.15. The molecule has 0 aliphatic rings. The number of aliphatic hydroxyl groups is 1. The van der Waals surface area contributed by atoms with Crippen LogP contribution in [0.15, 0.2) is 47.4 Å². The van der Waals surface area contributed by atoms with E-state index in [0.717, 1.165) is 0 Å². The topological polar surface area (TPSA) is 130 Å². The van der Waals surface area contributed by atoms with Crippen molar-refractivity contribution in [3.63, 3.8) is 0 Å². The maximum atomic E-state index is 13.2. The molecule has 0 saturated carbocycles. The van der Waals surface area contributed by atoms with Gasteiger partial charge in [-0.1, -0.05) is 11.3 Å². The fourth-order valence-electron chi connectivity index (χ4n) is 3.28. The van der Waals surface area contributed by atoms with E-state index in [1.807, 2.05) is 13.0 Å². The van der Waals surface area contributed by atoms with Gasteiger partial charge >= 0.3 is 0 Å². The van der Waals surface area contributed by atoms with Gasteiger partial charge in [0.2, 0.25) is 4.96 Å². The van der Waals surface area contributed by atoms with Crippen LogP contribution in [0.25, 0.3) is 16.2 Å². The Morgan fingerprint density at radius 2 is 1.91 bits per heavy atom. The van der Waals surface area contributed by atoms with E-state index in [-0.39, 0.29) is 10.6 Å². The number of sulfonamides is 1. The van der Waals surface area contributed by atoms with E-state index >= 15 is 0 Å². The lowest BCUT2D eigenvalue weighted by Gasteiger charge is -2.14. The second-order valence-corrected chi connectivity index (χ2v) is 10.5. The molecule has 0 bridgehead atoms. The SMILES string of the molecule is COc1ccc(-c2c(C)nc3sc(C(C)(C)O)nn23)cc1S(=O)(=O)Nc1ccc(C#N)cc1. The molecule has 2 N–H and O–H groups in total. The standard InChI is InChI=1S/C22H21N5O4S2/c1-13-19(27-21(24-13)32-20(25-27)22(2,3)28)15-7-10-17(31-4)18(11-15)33(29,30)26-16-8-5-14(12-23)6-9-16/h5-11,26,28H,1-4H3. The summed E-state index contributed by atoms with van der Waals surface area (Å²) in [4.78, 5) is 5.06. The lowest BCUT2D eigenvalue weighted by molar-refractivity contribution is 0.0773. The Morgan fingerprint density at radius 1 is 1.21 bits per heavy atom. The van der Waals surface area contributed by atoms with Crippen molar-refractivity contribution in [3.8, 4) is 23.1 Å². The highest BCUT2D eigenvalue weighted by molar-refractivity contribution is 7.92. The molecule has 0 saturated heterocycles. The van der Waals surface area contributed by atoms with Crippen LogP contribution in [-0.4, -0.2) is 35.2 Å². The van der Waals surface area contributed by atoms with Gasteiger partial charge in [-0.15, -0.1) is 0 Å². The molecular formula is C22H21N5O4S2. The predicted octanol–water partition coefficient (Wildman–Crippen LogP) is 3.67. The van der Waals surface area contributed by atoms with Gasteiger partial charge in [0.25, 0.3) is 10.0 Å². The quantitative estimate of drug-likeness (QED) is 0.428. The van der Waals surface area contributed by atoms with Crippen LogP contribution < -0.4 is 9.46 Å². The van der Waals surface area contributed by atoms with E-state index in [1.54, 1.807) is 30.5 Å². The van der Waals surface area contributed by atoms with Gasteiger partial charge in [-0.05, 0) is 63.2 Å². The van der Waals surface area contributed by atoms with Crippen molar-refractivity contribution in [1.29, 1.82) is 5.26 Å². The van der Waals surface area contributed by atoms with Crippen molar-refractivity contribution < 1.29 is 18.3 Å². The fourth-order valence-corrected chi connectivity index (χ4v) is 5.49. The maximum Gasteiger partial charge on any atom is 0.265 e. The maximum absolute atomic E-state index is 13.2. The lowest BCUT2D eigenvalue weighted by atomic mass is 10.1. The third-order valence-electron chi connectivity index (χ3n) is 4.89. The van der Waals surface area contributed by atoms with Crippen LogP contribution >= 0.6 is 11.3 Å². The fraction of sp³-hybridized carbons (Fsp3) is 0.227. The van der Waals surface area contributed by atoms with Crippen molar-refractivity contribution in [3.05, 3.63) is 58.7 Å². The number of rotatable bonds is 6. The third kappa shape index (κ3) is 4.28. The first-order valence-corrected chi connectivity index (χ1v) is 12.1. The molecule has 11 heteroatoms. The molecule has 0 unspecified atom stereocenters. The number of anilines is 1. The molecule has 0 aliphatic carbocycles. The molecule has 0 fully saturated rings. The van der Waals surface area contributed by atoms with Gasteiger partial charge in [0.1, 0.15) is 21.3 Å². The highest BCUT2D eigenvalue weighted by Crippen LogP contribution is 2.35. The van der Waals surface area contributed by atoms with Crippen molar-refractivity contribution in [2.75, 3.05) is 11.8 Å². The molecular weight excluding hydrogens is 462 g/mol. The van der Waals surface area contributed by atoms with Gasteiger partial charge in [-0.25, -0.2) is 17.9 Å². The first kappa shape index (κ1) is 22.7. The highest BCUT2D eigenvalue weighted by atomic mass is 32.2. The summed E-state index contributed by atoms with van der Waals surface area (Å²) < 4.78 is 35.9. The molecule has 0 aliphatic heterocycles. The van der Waals surface area contributed by atoms with E-state index in [2.05, 4.69) is 14.8 Å². The summed E-state index contributed by atoms with van der Waals surface area (Å²) in [6.07, 6.45) is 0. The molecule has 4 rings (SSSR count). The summed E-state index contributed by atoms with van der Waals surface area (Å²) in [5.74, 6) is 0.175. The molecule has 0 atom stereocenters. The normalized spacial score (nSPS) is 12.0. The average molecular weight is 484 g/mol. The van der Waals surface area contributed by atoms with Gasteiger partial charge in [-0.2, -0.15) is 10.4 Å². The number of aryl methyl sites for hydroxylation is 1. The lowest BCUT2D eigenvalue weighted by Crippen LogP contribution is -2.15. The summed E-state index contributed by atoms with van der Waals surface area (Å²) >= 11 is 1.27. The molecule has 9 nitrogen and oxygen atoms in total. The minimum Gasteiger partial charge on any atom is -0.495 e. The van der Waals surface area contributed by atoms with Crippen molar-refractivity contribution in [2.45, 2.75) is 31.3 Å². The Hall–Kier alpha value is -3.46. The van der Waals surface area contributed by atoms with Crippen molar-refractivity contribution in [1.82, 2.24) is 14.6 Å². The number of nitrogens with one attached hydrogen (secondary N) is 1. The number of nitriles is 1. The molecule has 170 valence electrons. The monoisotopic (exact) mass is 483 g/mol. The van der Waals surface area contributed by atoms with Crippen LogP contribution in [0.5, 0.6) is 5.75 Å². The zero-order valence-corrected chi connectivity index (χ0v) is 20.0. The van der Waals surface area contributed by atoms with E-state index in [9.17, 15) is 13.5 Å². The molecule has 2 heterocycles. The number of ether oxygens (including phenoxy) is 1. The molecule has 0 spiro atoms. The molecule has 0 radical (unpaired) electrons. The van der Waals surface area contributed by atoms with Crippen LogP contribution in [0.4, 0.5) is 5.69 Å². The van der Waals surface area contributed by atoms with Gasteiger partial charge in [-0.3, -0.25) is 4.72 Å². The predicted molar refractivity (Wildman–Crippen MR) is 125 cm³/mol. The Balaban J connectivity index is 1.81. The Morgan fingerprint density at radius 3 is 2.52 bits per heavy atom. The minimum absolute atomic E-state index is 0.0563. The molecule has 33 heavy (non-hydrogen) atoms. The molecule has 2 aromatic heterocycles. The number of hydrogen-bond acceptors (Lipinski definition) is 8. The number of methoxy groups -OCH3 is 1. The summed E-state index contributed by atoms with van der Waals surface area (Å²) in [5.41, 5.74) is 1.48. The number of nitrogens with zero attached hydrogens (tertiary/aromatic N) is 4. The highest BCUT2D eigenvalue weighted by Gasteiger charge is 2.26. The Labute approximate surface area is 195 Å². The largest absolute Gasteiger partial charge is 0.495 e. The van der Waals surface area contributed by atoms with Gasteiger partial charge in [0.15, 0.2) is 0 Å². The summed E-state index contributed by atoms with van der Waals surface area (Å²) in [6, 6.07) is 12.9. The summed E-state index contributed by atoms with van der Waals surface area (Å²) in [5, 5.41) is 24.3. The van der Waals surface area contributed by atoms with E-state index in [0.29, 0.717) is 38.2 Å².